The molecule has 7 heteroatoms. The first-order valence-corrected chi connectivity index (χ1v) is 7.62. The van der Waals surface area contributed by atoms with Gasteiger partial charge in [0.25, 0.3) is 0 Å². The third kappa shape index (κ3) is 3.78. The van der Waals surface area contributed by atoms with Crippen LogP contribution < -0.4 is 5.32 Å². The average Bonchev–Trinajstić information content (AvgIpc) is 2.81. The standard InChI is InChI=1S/C15H25N5O2/c1-11-8-13(19(4)17-11)9-16-14(21)12-6-5-7-20(10-12)15(22)18(2)3/h8,12H,5-7,9-10H2,1-4H3,(H,16,21)/t12-/m1/s1. The fourth-order valence-corrected chi connectivity index (χ4v) is 2.80. The van der Waals surface area contributed by atoms with Gasteiger partial charge in [-0.15, -0.1) is 0 Å². The highest BCUT2D eigenvalue weighted by atomic mass is 16.2. The molecule has 1 aliphatic rings. The number of likely N-dealkylation sites (tertiary alicyclic amines) is 1. The highest BCUT2D eigenvalue weighted by Crippen LogP contribution is 2.17. The van der Waals surface area contributed by atoms with E-state index >= 15 is 0 Å². The lowest BCUT2D eigenvalue weighted by Gasteiger charge is -2.33. The number of urea groups is 1. The molecule has 1 atom stereocenters. The van der Waals surface area contributed by atoms with E-state index in [9.17, 15) is 9.59 Å². The third-order valence-electron chi connectivity index (χ3n) is 3.99. The first-order chi connectivity index (χ1) is 10.4. The number of hydrogen-bond acceptors (Lipinski definition) is 3. The maximum Gasteiger partial charge on any atom is 0.319 e. The van der Waals surface area contributed by atoms with Crippen molar-refractivity contribution in [2.24, 2.45) is 13.0 Å². The van der Waals surface area contributed by atoms with Gasteiger partial charge in [-0.1, -0.05) is 0 Å². The Hall–Kier alpha value is -2.05. The molecule has 122 valence electrons. The Kier molecular flexibility index (Phi) is 5.05. The smallest absolute Gasteiger partial charge is 0.319 e. The largest absolute Gasteiger partial charge is 0.350 e. The molecule has 1 aliphatic heterocycles. The minimum Gasteiger partial charge on any atom is -0.350 e. The second kappa shape index (κ2) is 6.81. The molecule has 22 heavy (non-hydrogen) atoms. The van der Waals surface area contributed by atoms with E-state index in [1.807, 2.05) is 20.0 Å². The van der Waals surface area contributed by atoms with Crippen LogP contribution in [0.5, 0.6) is 0 Å². The summed E-state index contributed by atoms with van der Waals surface area (Å²) in [5, 5.41) is 7.22. The van der Waals surface area contributed by atoms with E-state index in [1.54, 1.807) is 28.6 Å². The summed E-state index contributed by atoms with van der Waals surface area (Å²) in [5.74, 6) is -0.123. The molecule has 2 heterocycles. The fraction of sp³-hybridized carbons (Fsp3) is 0.667. The van der Waals surface area contributed by atoms with E-state index in [0.717, 1.165) is 30.8 Å². The molecule has 1 aromatic rings. The van der Waals surface area contributed by atoms with Crippen LogP contribution in [0, 0.1) is 12.8 Å². The van der Waals surface area contributed by atoms with Crippen molar-refractivity contribution in [3.63, 3.8) is 0 Å². The molecule has 0 saturated carbocycles. The highest BCUT2D eigenvalue weighted by molar-refractivity contribution is 5.80. The highest BCUT2D eigenvalue weighted by Gasteiger charge is 2.29. The number of piperidine rings is 1. The molecule has 0 aromatic carbocycles. The molecule has 0 aliphatic carbocycles. The van der Waals surface area contributed by atoms with Gasteiger partial charge in [-0.25, -0.2) is 4.79 Å². The quantitative estimate of drug-likeness (QED) is 0.895. The van der Waals surface area contributed by atoms with E-state index in [2.05, 4.69) is 10.4 Å². The average molecular weight is 307 g/mol. The number of rotatable bonds is 3. The van der Waals surface area contributed by atoms with Gasteiger partial charge in [0.05, 0.1) is 23.9 Å². The van der Waals surface area contributed by atoms with Gasteiger partial charge in [0.2, 0.25) is 5.91 Å². The zero-order valence-electron chi connectivity index (χ0n) is 13.8. The van der Waals surface area contributed by atoms with Gasteiger partial charge in [-0.05, 0) is 25.8 Å². The molecule has 3 amide bonds. The van der Waals surface area contributed by atoms with Crippen LogP contribution in [-0.4, -0.2) is 58.7 Å². The third-order valence-corrected chi connectivity index (χ3v) is 3.99. The number of nitrogens with zero attached hydrogens (tertiary/aromatic N) is 4. The van der Waals surface area contributed by atoms with E-state index < -0.39 is 0 Å². The Morgan fingerprint density at radius 1 is 1.45 bits per heavy atom. The van der Waals surface area contributed by atoms with Crippen molar-refractivity contribution in [3.8, 4) is 0 Å². The fourth-order valence-electron chi connectivity index (χ4n) is 2.80. The minimum absolute atomic E-state index is 0.00936. The number of aromatic nitrogens is 2. The topological polar surface area (TPSA) is 70.5 Å². The molecule has 1 fully saturated rings. The zero-order chi connectivity index (χ0) is 16.3. The molecule has 2 rings (SSSR count). The van der Waals surface area contributed by atoms with E-state index in [0.29, 0.717) is 13.1 Å². The first-order valence-electron chi connectivity index (χ1n) is 7.62. The van der Waals surface area contributed by atoms with Crippen molar-refractivity contribution in [1.29, 1.82) is 0 Å². The van der Waals surface area contributed by atoms with Gasteiger partial charge < -0.3 is 15.1 Å². The number of hydrogen-bond donors (Lipinski definition) is 1. The second-order valence-corrected chi connectivity index (χ2v) is 6.08. The summed E-state index contributed by atoms with van der Waals surface area (Å²) < 4.78 is 1.78. The summed E-state index contributed by atoms with van der Waals surface area (Å²) in [5.41, 5.74) is 1.91. The van der Waals surface area contributed by atoms with Crippen LogP contribution in [0.4, 0.5) is 4.79 Å². The lowest BCUT2D eigenvalue weighted by Crippen LogP contribution is -2.48. The molecular weight excluding hydrogens is 282 g/mol. The lowest BCUT2D eigenvalue weighted by molar-refractivity contribution is -0.126. The van der Waals surface area contributed by atoms with Gasteiger partial charge in [-0.2, -0.15) is 5.10 Å². The first kappa shape index (κ1) is 16.3. The van der Waals surface area contributed by atoms with Gasteiger partial charge in [0.1, 0.15) is 0 Å². The normalized spacial score (nSPS) is 18.2. The monoisotopic (exact) mass is 307 g/mol. The van der Waals surface area contributed by atoms with Gasteiger partial charge in [-0.3, -0.25) is 9.48 Å². The van der Waals surface area contributed by atoms with E-state index in [1.165, 1.54) is 0 Å². The molecule has 1 saturated heterocycles. The Balaban J connectivity index is 1.89. The van der Waals surface area contributed by atoms with Crippen molar-refractivity contribution in [3.05, 3.63) is 17.5 Å². The van der Waals surface area contributed by atoms with Crippen LogP contribution in [0.2, 0.25) is 0 Å². The number of amides is 3. The van der Waals surface area contributed by atoms with Crippen LogP contribution >= 0.6 is 0 Å². The molecule has 0 radical (unpaired) electrons. The predicted octanol–water partition coefficient (Wildman–Crippen LogP) is 0.738. The zero-order valence-corrected chi connectivity index (χ0v) is 13.8. The van der Waals surface area contributed by atoms with Crippen molar-refractivity contribution >= 4 is 11.9 Å². The van der Waals surface area contributed by atoms with Crippen molar-refractivity contribution in [1.82, 2.24) is 24.9 Å². The summed E-state index contributed by atoms with van der Waals surface area (Å²) in [4.78, 5) is 27.6. The number of nitrogens with one attached hydrogen (secondary N) is 1. The maximum absolute atomic E-state index is 12.3. The molecule has 0 unspecified atom stereocenters. The van der Waals surface area contributed by atoms with Crippen molar-refractivity contribution < 1.29 is 9.59 Å². The Bertz CT molecular complexity index is 552. The second-order valence-electron chi connectivity index (χ2n) is 6.08. The van der Waals surface area contributed by atoms with Gasteiger partial charge in [0, 0.05) is 34.2 Å². The van der Waals surface area contributed by atoms with Crippen LogP contribution in [0.3, 0.4) is 0 Å². The molecule has 7 nitrogen and oxygen atoms in total. The lowest BCUT2D eigenvalue weighted by atomic mass is 9.97. The summed E-state index contributed by atoms with van der Waals surface area (Å²) in [6, 6.07) is 1.93. The van der Waals surface area contributed by atoms with Crippen LogP contribution in [-0.2, 0) is 18.4 Å². The predicted molar refractivity (Wildman–Crippen MR) is 83.2 cm³/mol. The summed E-state index contributed by atoms with van der Waals surface area (Å²) in [6.07, 6.45) is 1.69. The van der Waals surface area contributed by atoms with Crippen molar-refractivity contribution in [2.75, 3.05) is 27.2 Å². The Morgan fingerprint density at radius 2 is 2.18 bits per heavy atom. The number of carbonyl (C=O) groups excluding carboxylic acids is 2. The van der Waals surface area contributed by atoms with Crippen molar-refractivity contribution in [2.45, 2.75) is 26.3 Å². The van der Waals surface area contributed by atoms with Gasteiger partial charge in [0.15, 0.2) is 0 Å². The van der Waals surface area contributed by atoms with Crippen LogP contribution in [0.15, 0.2) is 6.07 Å². The van der Waals surface area contributed by atoms with E-state index in [-0.39, 0.29) is 17.9 Å². The summed E-state index contributed by atoms with van der Waals surface area (Å²) in [7, 11) is 5.33. The van der Waals surface area contributed by atoms with Crippen LogP contribution in [0.1, 0.15) is 24.2 Å². The Morgan fingerprint density at radius 3 is 2.77 bits per heavy atom. The SMILES string of the molecule is Cc1cc(CNC(=O)[C@@H]2CCCN(C(=O)N(C)C)C2)n(C)n1. The minimum atomic E-state index is -0.132. The van der Waals surface area contributed by atoms with E-state index in [4.69, 9.17) is 0 Å². The Labute approximate surface area is 131 Å². The summed E-state index contributed by atoms with van der Waals surface area (Å²) >= 11 is 0. The van der Waals surface area contributed by atoms with Crippen LogP contribution in [0.25, 0.3) is 0 Å². The molecule has 1 aromatic heterocycles. The maximum atomic E-state index is 12.3. The molecule has 0 bridgehead atoms. The number of carbonyl (C=O) groups is 2. The molecular formula is C15H25N5O2. The van der Waals surface area contributed by atoms with Gasteiger partial charge >= 0.3 is 6.03 Å². The number of aryl methyl sites for hydroxylation is 2. The molecule has 1 N–H and O–H groups in total. The molecule has 0 spiro atoms. The summed E-state index contributed by atoms with van der Waals surface area (Å²) in [6.45, 7) is 3.61.